The molecule has 2 atom stereocenters. The summed E-state index contributed by atoms with van der Waals surface area (Å²) >= 11 is 0. The van der Waals surface area contributed by atoms with Crippen LogP contribution in [0.5, 0.6) is 0 Å². The van der Waals surface area contributed by atoms with Gasteiger partial charge in [0.15, 0.2) is 0 Å². The van der Waals surface area contributed by atoms with Gasteiger partial charge in [0, 0.05) is 25.6 Å². The van der Waals surface area contributed by atoms with Crippen molar-refractivity contribution in [2.75, 3.05) is 13.1 Å². The highest BCUT2D eigenvalue weighted by Gasteiger charge is 2.32. The second-order valence-corrected chi connectivity index (χ2v) is 5.85. The number of carbonyl (C=O) groups is 1. The van der Waals surface area contributed by atoms with Gasteiger partial charge in [-0.05, 0) is 30.4 Å². The summed E-state index contributed by atoms with van der Waals surface area (Å²) in [6.45, 7) is 2.90. The molecule has 1 aliphatic rings. The van der Waals surface area contributed by atoms with E-state index in [1.54, 1.807) is 17.9 Å². The molecule has 1 aromatic carbocycles. The second kappa shape index (κ2) is 6.69. The number of hydrogen-bond acceptors (Lipinski definition) is 2. The highest BCUT2D eigenvalue weighted by atomic mass is 19.4. The molecule has 0 spiro atoms. The fourth-order valence-electron chi connectivity index (χ4n) is 2.93. The second-order valence-electron chi connectivity index (χ2n) is 5.85. The molecular formula is C16H21F3N2O. The Labute approximate surface area is 128 Å². The zero-order valence-electron chi connectivity index (χ0n) is 12.6. The van der Waals surface area contributed by atoms with E-state index in [0.29, 0.717) is 18.7 Å². The lowest BCUT2D eigenvalue weighted by atomic mass is 9.95. The Hall–Kier alpha value is -1.56. The van der Waals surface area contributed by atoms with E-state index in [1.165, 1.54) is 6.07 Å². The number of halogens is 3. The quantitative estimate of drug-likeness (QED) is 0.928. The first kappa shape index (κ1) is 16.8. The molecule has 0 aliphatic carbocycles. The van der Waals surface area contributed by atoms with E-state index in [1.807, 2.05) is 0 Å². The van der Waals surface area contributed by atoms with Gasteiger partial charge < -0.3 is 10.6 Å². The summed E-state index contributed by atoms with van der Waals surface area (Å²) in [5.74, 6) is -0.285. The minimum absolute atomic E-state index is 0.0298. The molecule has 2 unspecified atom stereocenters. The van der Waals surface area contributed by atoms with Crippen LogP contribution in [-0.2, 0) is 11.0 Å². The van der Waals surface area contributed by atoms with Crippen molar-refractivity contribution in [3.8, 4) is 0 Å². The van der Waals surface area contributed by atoms with Crippen LogP contribution in [0.1, 0.15) is 43.2 Å². The van der Waals surface area contributed by atoms with Gasteiger partial charge in [-0.2, -0.15) is 13.2 Å². The van der Waals surface area contributed by atoms with Crippen molar-refractivity contribution in [1.82, 2.24) is 4.90 Å². The molecule has 0 bridgehead atoms. The molecule has 122 valence electrons. The van der Waals surface area contributed by atoms with E-state index in [-0.39, 0.29) is 24.3 Å². The maximum absolute atomic E-state index is 12.7. The van der Waals surface area contributed by atoms with Gasteiger partial charge in [0.1, 0.15) is 0 Å². The van der Waals surface area contributed by atoms with Crippen LogP contribution >= 0.6 is 0 Å². The maximum atomic E-state index is 12.7. The van der Waals surface area contributed by atoms with Crippen molar-refractivity contribution in [3.05, 3.63) is 35.4 Å². The lowest BCUT2D eigenvalue weighted by Crippen LogP contribution is -2.40. The number of rotatable bonds is 4. The van der Waals surface area contributed by atoms with E-state index < -0.39 is 11.7 Å². The summed E-state index contributed by atoms with van der Waals surface area (Å²) < 4.78 is 38.2. The number of alkyl halides is 3. The number of likely N-dealkylation sites (tertiary alicyclic amines) is 1. The molecule has 2 rings (SSSR count). The van der Waals surface area contributed by atoms with Gasteiger partial charge in [-0.25, -0.2) is 0 Å². The van der Waals surface area contributed by atoms with Gasteiger partial charge in [0.25, 0.3) is 0 Å². The third kappa shape index (κ3) is 3.80. The average Bonchev–Trinajstić information content (AvgIpc) is 2.95. The van der Waals surface area contributed by atoms with Crippen molar-refractivity contribution < 1.29 is 18.0 Å². The molecule has 1 aromatic rings. The van der Waals surface area contributed by atoms with Gasteiger partial charge in [-0.1, -0.05) is 25.1 Å². The Morgan fingerprint density at radius 2 is 2.18 bits per heavy atom. The molecule has 0 radical (unpaired) electrons. The molecule has 1 amide bonds. The van der Waals surface area contributed by atoms with E-state index in [4.69, 9.17) is 5.73 Å². The van der Waals surface area contributed by atoms with Crippen LogP contribution < -0.4 is 5.73 Å². The van der Waals surface area contributed by atoms with Gasteiger partial charge >= 0.3 is 6.18 Å². The third-order valence-corrected chi connectivity index (χ3v) is 4.23. The normalized spacial score (nSPS) is 20.2. The molecule has 0 saturated carbocycles. The molecule has 22 heavy (non-hydrogen) atoms. The zero-order valence-corrected chi connectivity index (χ0v) is 12.6. The molecule has 1 saturated heterocycles. The van der Waals surface area contributed by atoms with Gasteiger partial charge in [0.05, 0.1) is 5.56 Å². The first-order chi connectivity index (χ1) is 10.3. The molecule has 3 nitrogen and oxygen atoms in total. The SMILES string of the molecule is CC(CC(=O)N1CCCC1CN)c1cccc(C(F)(F)F)c1. The van der Waals surface area contributed by atoms with E-state index in [9.17, 15) is 18.0 Å². The topological polar surface area (TPSA) is 46.3 Å². The zero-order chi connectivity index (χ0) is 16.3. The van der Waals surface area contributed by atoms with Crippen molar-refractivity contribution in [1.29, 1.82) is 0 Å². The molecule has 1 fully saturated rings. The predicted octanol–water partition coefficient (Wildman–Crippen LogP) is 3.15. The van der Waals surface area contributed by atoms with Gasteiger partial charge in [0.2, 0.25) is 5.91 Å². The molecular weight excluding hydrogens is 293 g/mol. The summed E-state index contributed by atoms with van der Waals surface area (Å²) in [5, 5.41) is 0. The summed E-state index contributed by atoms with van der Waals surface area (Å²) in [7, 11) is 0. The maximum Gasteiger partial charge on any atom is 0.416 e. The number of hydrogen-bond donors (Lipinski definition) is 1. The van der Waals surface area contributed by atoms with Crippen molar-refractivity contribution in [2.45, 2.75) is 44.3 Å². The smallest absolute Gasteiger partial charge is 0.338 e. The molecule has 0 aromatic heterocycles. The molecule has 1 aliphatic heterocycles. The standard InChI is InChI=1S/C16H21F3N2O/c1-11(8-15(22)21-7-3-6-14(21)10-20)12-4-2-5-13(9-12)16(17,18)19/h2,4-5,9,11,14H,3,6-8,10,20H2,1H3. The number of nitrogens with two attached hydrogens (primary N) is 1. The highest BCUT2D eigenvalue weighted by Crippen LogP contribution is 2.32. The molecule has 2 N–H and O–H groups in total. The van der Waals surface area contributed by atoms with Gasteiger partial charge in [-0.15, -0.1) is 0 Å². The fourth-order valence-corrected chi connectivity index (χ4v) is 2.93. The Bertz CT molecular complexity index is 530. The van der Waals surface area contributed by atoms with Crippen LogP contribution in [0.25, 0.3) is 0 Å². The largest absolute Gasteiger partial charge is 0.416 e. The van der Waals surface area contributed by atoms with Crippen LogP contribution in [0.15, 0.2) is 24.3 Å². The minimum Gasteiger partial charge on any atom is -0.338 e. The Morgan fingerprint density at radius 1 is 1.45 bits per heavy atom. The molecule has 6 heteroatoms. The van der Waals surface area contributed by atoms with Crippen LogP contribution in [0.3, 0.4) is 0 Å². The van der Waals surface area contributed by atoms with Crippen molar-refractivity contribution >= 4 is 5.91 Å². The Kier molecular flexibility index (Phi) is 5.11. The average molecular weight is 314 g/mol. The number of benzene rings is 1. The van der Waals surface area contributed by atoms with Crippen LogP contribution in [0.4, 0.5) is 13.2 Å². The van der Waals surface area contributed by atoms with Crippen LogP contribution in [0, 0.1) is 0 Å². The number of nitrogens with zero attached hydrogens (tertiary/aromatic N) is 1. The first-order valence-corrected chi connectivity index (χ1v) is 7.49. The van der Waals surface area contributed by atoms with Crippen molar-refractivity contribution in [3.63, 3.8) is 0 Å². The minimum atomic E-state index is -4.36. The monoisotopic (exact) mass is 314 g/mol. The van der Waals surface area contributed by atoms with Gasteiger partial charge in [-0.3, -0.25) is 4.79 Å². The van der Waals surface area contributed by atoms with E-state index in [2.05, 4.69) is 0 Å². The molecule has 1 heterocycles. The highest BCUT2D eigenvalue weighted by molar-refractivity contribution is 5.77. The summed E-state index contributed by atoms with van der Waals surface area (Å²) in [4.78, 5) is 14.1. The first-order valence-electron chi connectivity index (χ1n) is 7.49. The summed E-state index contributed by atoms with van der Waals surface area (Å²) in [5.41, 5.74) is 5.51. The summed E-state index contributed by atoms with van der Waals surface area (Å²) in [6.07, 6.45) is -2.32. The lowest BCUT2D eigenvalue weighted by molar-refractivity contribution is -0.137. The lowest BCUT2D eigenvalue weighted by Gasteiger charge is -2.25. The predicted molar refractivity (Wildman–Crippen MR) is 78.3 cm³/mol. The Balaban J connectivity index is 2.06. The Morgan fingerprint density at radius 3 is 2.82 bits per heavy atom. The van der Waals surface area contributed by atoms with E-state index in [0.717, 1.165) is 25.0 Å². The van der Waals surface area contributed by atoms with Crippen LogP contribution in [0.2, 0.25) is 0 Å². The van der Waals surface area contributed by atoms with Crippen molar-refractivity contribution in [2.24, 2.45) is 5.73 Å². The number of carbonyl (C=O) groups excluding carboxylic acids is 1. The fraction of sp³-hybridized carbons (Fsp3) is 0.562. The number of amides is 1. The summed E-state index contributed by atoms with van der Waals surface area (Å²) in [6, 6.07) is 5.27. The third-order valence-electron chi connectivity index (χ3n) is 4.23. The van der Waals surface area contributed by atoms with Crippen LogP contribution in [-0.4, -0.2) is 29.9 Å². The van der Waals surface area contributed by atoms with E-state index >= 15 is 0 Å².